The van der Waals surface area contributed by atoms with Gasteiger partial charge in [0, 0.05) is 57.2 Å². The summed E-state index contributed by atoms with van der Waals surface area (Å²) >= 11 is 3.39. The third kappa shape index (κ3) is 8.85. The summed E-state index contributed by atoms with van der Waals surface area (Å²) in [6.07, 6.45) is 12.3. The minimum Gasteiger partial charge on any atom is -0.344 e. The van der Waals surface area contributed by atoms with Gasteiger partial charge in [0.1, 0.15) is 6.54 Å². The average molecular weight is 792 g/mol. The number of anilines is 1. The predicted octanol–water partition coefficient (Wildman–Crippen LogP) is 9.65. The first-order chi connectivity index (χ1) is 25.1. The Bertz CT molecular complexity index is 2300. The Kier molecular flexibility index (Phi) is 11.5. The Morgan fingerprint density at radius 2 is 1.32 bits per heavy atom. The lowest BCUT2D eigenvalue weighted by atomic mass is 9.81. The number of fused-ring (bicyclic) bond motifs is 2. The highest BCUT2D eigenvalue weighted by Crippen LogP contribution is 2.49. The van der Waals surface area contributed by atoms with E-state index < -0.39 is 20.2 Å². The van der Waals surface area contributed by atoms with Crippen molar-refractivity contribution in [2.75, 3.05) is 29.5 Å². The van der Waals surface area contributed by atoms with Crippen molar-refractivity contribution in [3.05, 3.63) is 119 Å². The monoisotopic (exact) mass is 791 g/mol. The van der Waals surface area contributed by atoms with E-state index in [1.54, 1.807) is 22.7 Å². The van der Waals surface area contributed by atoms with Crippen LogP contribution in [0.5, 0.6) is 0 Å². The van der Waals surface area contributed by atoms with E-state index in [0.717, 1.165) is 33.9 Å². The molecule has 53 heavy (non-hydrogen) atoms. The largest absolute Gasteiger partial charge is 0.344 e. The Hall–Kier alpha value is -3.65. The molecule has 0 amide bonds. The maximum absolute atomic E-state index is 11.4. The molecule has 6 rings (SSSR count). The van der Waals surface area contributed by atoms with Crippen LogP contribution >= 0.6 is 22.7 Å². The zero-order valence-electron chi connectivity index (χ0n) is 30.5. The van der Waals surface area contributed by atoms with Crippen molar-refractivity contribution in [2.24, 2.45) is 0 Å². The lowest BCUT2D eigenvalue weighted by Gasteiger charge is -2.27. The molecule has 12 heteroatoms. The lowest BCUT2D eigenvalue weighted by molar-refractivity contribution is -0.438. The molecule has 2 aliphatic heterocycles. The minimum atomic E-state index is -4.03. The van der Waals surface area contributed by atoms with Gasteiger partial charge in [-0.3, -0.25) is 9.11 Å². The van der Waals surface area contributed by atoms with Crippen LogP contribution in [0.3, 0.4) is 0 Å². The van der Waals surface area contributed by atoms with Crippen molar-refractivity contribution >= 4 is 60.0 Å². The third-order valence-electron chi connectivity index (χ3n) is 10.2. The molecule has 4 heterocycles. The van der Waals surface area contributed by atoms with E-state index in [4.69, 9.17) is 0 Å². The number of allylic oxidation sites excluding steroid dienone is 6. The molecule has 280 valence electrons. The van der Waals surface area contributed by atoms with E-state index in [1.807, 2.05) is 30.4 Å². The molecular weight excluding hydrogens is 745 g/mol. The molecule has 0 saturated carbocycles. The minimum absolute atomic E-state index is 0.262. The van der Waals surface area contributed by atoms with Gasteiger partial charge in [-0.25, -0.2) is 0 Å². The molecule has 0 spiro atoms. The van der Waals surface area contributed by atoms with Crippen molar-refractivity contribution in [1.29, 1.82) is 0 Å². The standard InChI is InChI=1S/C41H46N2O6S4/c1-40(2)32-20-18-30(36-14-12-24-50-36)28-34(32)42(22-8-10-26-52(44,45)46)38(40)16-6-5-7-17-39-41(3,4)33-21-19-31(37-15-13-25-51-37)29-35(33)43(39)23-9-11-27-53(47,48)49/h5-7,12-21,24-25,28-29H,8-11,22-23,26-27H2,1-4H3,(H-,44,45,46,47,48,49)/p+1. The fourth-order valence-electron chi connectivity index (χ4n) is 7.51. The van der Waals surface area contributed by atoms with Crippen LogP contribution in [-0.2, 0) is 31.1 Å². The molecule has 2 N–H and O–H groups in total. The second-order valence-corrected chi connectivity index (χ2v) is 19.7. The summed E-state index contributed by atoms with van der Waals surface area (Å²) in [6, 6.07) is 21.5. The van der Waals surface area contributed by atoms with Crippen LogP contribution in [0.1, 0.15) is 64.5 Å². The van der Waals surface area contributed by atoms with Crippen molar-refractivity contribution < 1.29 is 30.5 Å². The Balaban J connectivity index is 1.30. The van der Waals surface area contributed by atoms with Crippen LogP contribution in [-0.4, -0.2) is 60.8 Å². The zero-order chi connectivity index (χ0) is 38.0. The fourth-order valence-corrected chi connectivity index (χ4v) is 10.1. The number of rotatable bonds is 15. The molecule has 0 atom stereocenters. The molecule has 0 bridgehead atoms. The highest BCUT2D eigenvalue weighted by atomic mass is 32.2. The molecule has 2 aliphatic rings. The third-order valence-corrected chi connectivity index (χ3v) is 13.6. The summed E-state index contributed by atoms with van der Waals surface area (Å²) in [5.41, 5.74) is 8.51. The smallest absolute Gasteiger partial charge is 0.264 e. The van der Waals surface area contributed by atoms with Gasteiger partial charge in [-0.2, -0.15) is 21.4 Å². The SMILES string of the molecule is CC1(C)C(=CC=CC=CC2=[N+](CCCCS(=O)(=O)O)c3cc(-c4cccs4)ccc3C2(C)C)N(CCCCS(=O)(=O)O)c2cc(-c3cccs3)ccc21. The van der Waals surface area contributed by atoms with Gasteiger partial charge >= 0.3 is 0 Å². The van der Waals surface area contributed by atoms with Crippen molar-refractivity contribution in [2.45, 2.75) is 64.2 Å². The van der Waals surface area contributed by atoms with E-state index in [-0.39, 0.29) is 22.3 Å². The maximum atomic E-state index is 11.4. The van der Waals surface area contributed by atoms with Crippen molar-refractivity contribution in [3.8, 4) is 20.9 Å². The highest BCUT2D eigenvalue weighted by Gasteiger charge is 2.44. The van der Waals surface area contributed by atoms with Gasteiger partial charge in [-0.1, -0.05) is 68.5 Å². The van der Waals surface area contributed by atoms with E-state index in [0.29, 0.717) is 38.8 Å². The fraction of sp³-hybridized carbons (Fsp3) is 0.341. The maximum Gasteiger partial charge on any atom is 0.264 e. The molecule has 0 aliphatic carbocycles. The second kappa shape index (κ2) is 15.6. The van der Waals surface area contributed by atoms with Gasteiger partial charge in [0.05, 0.1) is 16.9 Å². The van der Waals surface area contributed by atoms with Crippen LogP contribution in [0.2, 0.25) is 0 Å². The quantitative estimate of drug-likeness (QED) is 0.0534. The van der Waals surface area contributed by atoms with E-state index >= 15 is 0 Å². The topological polar surface area (TPSA) is 115 Å². The summed E-state index contributed by atoms with van der Waals surface area (Å²) in [6.45, 7) is 10.1. The van der Waals surface area contributed by atoms with Gasteiger partial charge < -0.3 is 4.90 Å². The van der Waals surface area contributed by atoms with Crippen LogP contribution in [0, 0.1) is 0 Å². The predicted molar refractivity (Wildman–Crippen MR) is 220 cm³/mol. The highest BCUT2D eigenvalue weighted by molar-refractivity contribution is 7.86. The molecule has 2 aromatic carbocycles. The molecule has 0 unspecified atom stereocenters. The summed E-state index contributed by atoms with van der Waals surface area (Å²) in [4.78, 5) is 4.66. The summed E-state index contributed by atoms with van der Waals surface area (Å²) in [5.74, 6) is -0.524. The number of nitrogens with zero attached hydrogens (tertiary/aromatic N) is 2. The number of hydrogen-bond acceptors (Lipinski definition) is 7. The summed E-state index contributed by atoms with van der Waals surface area (Å²) < 4.78 is 66.7. The van der Waals surface area contributed by atoms with E-state index in [1.165, 1.54) is 20.9 Å². The summed E-state index contributed by atoms with van der Waals surface area (Å²) in [7, 11) is -8.05. The van der Waals surface area contributed by atoms with E-state index in [9.17, 15) is 25.9 Å². The number of hydrogen-bond donors (Lipinski definition) is 2. The van der Waals surface area contributed by atoms with Crippen LogP contribution in [0.4, 0.5) is 11.4 Å². The molecule has 0 fully saturated rings. The van der Waals surface area contributed by atoms with Crippen LogP contribution in [0.25, 0.3) is 20.9 Å². The molecule has 8 nitrogen and oxygen atoms in total. The molecule has 0 radical (unpaired) electrons. The first-order valence-corrected chi connectivity index (χ1v) is 22.8. The van der Waals surface area contributed by atoms with Crippen LogP contribution < -0.4 is 4.90 Å². The van der Waals surface area contributed by atoms with Gasteiger partial charge in [-0.15, -0.1) is 22.7 Å². The van der Waals surface area contributed by atoms with Gasteiger partial charge in [0.25, 0.3) is 20.2 Å². The first-order valence-electron chi connectivity index (χ1n) is 17.8. The van der Waals surface area contributed by atoms with E-state index in [2.05, 4.69) is 109 Å². The normalized spacial score (nSPS) is 17.5. The zero-order valence-corrected chi connectivity index (χ0v) is 33.8. The second-order valence-electron chi connectivity index (χ2n) is 14.6. The van der Waals surface area contributed by atoms with Crippen LogP contribution in [0.15, 0.2) is 108 Å². The number of unbranched alkanes of at least 4 members (excludes halogenated alkanes) is 2. The Morgan fingerprint density at radius 1 is 0.717 bits per heavy atom. The van der Waals surface area contributed by atoms with Crippen molar-refractivity contribution in [1.82, 2.24) is 0 Å². The van der Waals surface area contributed by atoms with Gasteiger partial charge in [0.15, 0.2) is 5.71 Å². The Labute approximate surface area is 322 Å². The van der Waals surface area contributed by atoms with Gasteiger partial charge in [-0.05, 0) is 84.8 Å². The number of benzene rings is 2. The molecule has 0 saturated heterocycles. The average Bonchev–Trinajstić information content (AvgIpc) is 3.89. The number of thiophene rings is 2. The summed E-state index contributed by atoms with van der Waals surface area (Å²) in [5, 5.41) is 4.14. The molecule has 2 aromatic heterocycles. The Morgan fingerprint density at radius 3 is 1.92 bits per heavy atom. The lowest BCUT2D eigenvalue weighted by Crippen LogP contribution is -2.28. The first kappa shape index (κ1) is 39.1. The van der Waals surface area contributed by atoms with Gasteiger partial charge in [0.2, 0.25) is 5.69 Å². The molecular formula is C41H47N2O6S4+. The van der Waals surface area contributed by atoms with Crippen molar-refractivity contribution in [3.63, 3.8) is 0 Å². The molecule has 4 aromatic rings.